The molecular formula is C12H14F3N3O. The molecule has 2 rings (SSSR count). The third-order valence-corrected chi connectivity index (χ3v) is 3.21. The van der Waals surface area contributed by atoms with E-state index in [1.807, 2.05) is 0 Å². The van der Waals surface area contributed by atoms with Gasteiger partial charge in [-0.2, -0.15) is 13.2 Å². The molecule has 0 saturated heterocycles. The number of nitrogens with two attached hydrogens (primary N) is 1. The fourth-order valence-electron chi connectivity index (χ4n) is 1.82. The summed E-state index contributed by atoms with van der Waals surface area (Å²) >= 11 is 0. The molecule has 1 amide bonds. The fourth-order valence-corrected chi connectivity index (χ4v) is 1.82. The molecule has 0 spiro atoms. The number of carbonyl (C=O) groups excluding carboxylic acids is 1. The van der Waals surface area contributed by atoms with Crippen molar-refractivity contribution in [2.45, 2.75) is 24.6 Å². The first-order valence-corrected chi connectivity index (χ1v) is 5.75. The van der Waals surface area contributed by atoms with Crippen LogP contribution in [0.5, 0.6) is 0 Å². The van der Waals surface area contributed by atoms with Crippen LogP contribution < -0.4 is 16.4 Å². The van der Waals surface area contributed by atoms with E-state index in [9.17, 15) is 18.0 Å². The second-order valence-electron chi connectivity index (χ2n) is 4.59. The van der Waals surface area contributed by atoms with Gasteiger partial charge in [-0.15, -0.1) is 0 Å². The Bertz CT molecular complexity index is 509. The topological polar surface area (TPSA) is 67.2 Å². The molecule has 1 fully saturated rings. The van der Waals surface area contributed by atoms with Gasteiger partial charge in [-0.05, 0) is 31.0 Å². The molecule has 0 bridgehead atoms. The van der Waals surface area contributed by atoms with Crippen LogP contribution in [0.2, 0.25) is 0 Å². The molecule has 0 aliphatic heterocycles. The zero-order valence-corrected chi connectivity index (χ0v) is 10.3. The number of rotatable bonds is 3. The van der Waals surface area contributed by atoms with Gasteiger partial charge in [0, 0.05) is 12.6 Å². The number of hydrogen-bond acceptors (Lipinski definition) is 3. The summed E-state index contributed by atoms with van der Waals surface area (Å²) in [5.74, 6) is -0.338. The third-order valence-electron chi connectivity index (χ3n) is 3.21. The highest BCUT2D eigenvalue weighted by atomic mass is 19.4. The van der Waals surface area contributed by atoms with Gasteiger partial charge in [-0.25, -0.2) is 0 Å². The number of benzene rings is 1. The van der Waals surface area contributed by atoms with Gasteiger partial charge in [-0.1, -0.05) is 0 Å². The minimum Gasteiger partial charge on any atom is -0.397 e. The molecule has 19 heavy (non-hydrogen) atoms. The van der Waals surface area contributed by atoms with Crippen LogP contribution in [0.15, 0.2) is 18.2 Å². The Morgan fingerprint density at radius 3 is 2.42 bits per heavy atom. The quantitative estimate of drug-likeness (QED) is 0.739. The van der Waals surface area contributed by atoms with E-state index in [1.165, 1.54) is 25.2 Å². The molecule has 0 aromatic heterocycles. The second-order valence-corrected chi connectivity index (χ2v) is 4.59. The Morgan fingerprint density at radius 2 is 2.00 bits per heavy atom. The Morgan fingerprint density at radius 1 is 1.37 bits per heavy atom. The van der Waals surface area contributed by atoms with Crippen molar-refractivity contribution in [1.29, 1.82) is 0 Å². The van der Waals surface area contributed by atoms with Crippen molar-refractivity contribution in [2.24, 2.45) is 0 Å². The monoisotopic (exact) mass is 273 g/mol. The summed E-state index contributed by atoms with van der Waals surface area (Å²) in [5.41, 5.74) is 4.44. The maximum Gasteiger partial charge on any atom is 0.411 e. The van der Waals surface area contributed by atoms with Crippen LogP contribution >= 0.6 is 0 Å². The lowest BCUT2D eigenvalue weighted by molar-refractivity contribution is -0.151. The summed E-state index contributed by atoms with van der Waals surface area (Å²) in [6.07, 6.45) is -4.24. The molecule has 4 nitrogen and oxygen atoms in total. The predicted octanol–water partition coefficient (Wildman–Crippen LogP) is 2.14. The number of alkyl halides is 3. The lowest BCUT2D eigenvalue weighted by atomic mass is 10.1. The average molecular weight is 273 g/mol. The van der Waals surface area contributed by atoms with Gasteiger partial charge in [0.2, 0.25) is 0 Å². The number of nitrogens with one attached hydrogen (secondary N) is 2. The lowest BCUT2D eigenvalue weighted by Crippen LogP contribution is -2.38. The van der Waals surface area contributed by atoms with Crippen molar-refractivity contribution < 1.29 is 18.0 Å². The Labute approximate surface area is 108 Å². The number of carbonyl (C=O) groups is 1. The first-order valence-electron chi connectivity index (χ1n) is 5.75. The Hall–Kier alpha value is -1.92. The summed E-state index contributed by atoms with van der Waals surface area (Å²) in [4.78, 5) is 11.4. The van der Waals surface area contributed by atoms with Gasteiger partial charge >= 0.3 is 6.18 Å². The first-order chi connectivity index (χ1) is 8.79. The van der Waals surface area contributed by atoms with E-state index in [4.69, 9.17) is 5.73 Å². The van der Waals surface area contributed by atoms with Gasteiger partial charge in [0.15, 0.2) is 0 Å². The lowest BCUT2D eigenvalue weighted by Gasteiger charge is -2.23. The van der Waals surface area contributed by atoms with Crippen LogP contribution in [0, 0.1) is 0 Å². The summed E-state index contributed by atoms with van der Waals surface area (Å²) in [5, 5.41) is 4.86. The molecule has 0 atom stereocenters. The van der Waals surface area contributed by atoms with Gasteiger partial charge < -0.3 is 16.4 Å². The second kappa shape index (κ2) is 4.32. The fraction of sp³-hybridized carbons (Fsp3) is 0.417. The molecule has 0 heterocycles. The van der Waals surface area contributed by atoms with E-state index < -0.39 is 11.7 Å². The normalized spacial score (nSPS) is 16.8. The maximum atomic E-state index is 12.8. The number of halogens is 3. The van der Waals surface area contributed by atoms with Crippen LogP contribution in [-0.2, 0) is 0 Å². The van der Waals surface area contributed by atoms with Gasteiger partial charge in [-0.3, -0.25) is 4.79 Å². The molecular weight excluding hydrogens is 259 g/mol. The first kappa shape index (κ1) is 13.5. The van der Waals surface area contributed by atoms with Crippen LogP contribution in [0.3, 0.4) is 0 Å². The summed E-state index contributed by atoms with van der Waals surface area (Å²) in [7, 11) is 1.47. The van der Waals surface area contributed by atoms with Crippen molar-refractivity contribution in [3.63, 3.8) is 0 Å². The third kappa shape index (κ3) is 2.45. The Kier molecular flexibility index (Phi) is 3.07. The largest absolute Gasteiger partial charge is 0.411 e. The van der Waals surface area contributed by atoms with E-state index in [0.29, 0.717) is 5.56 Å². The molecule has 1 saturated carbocycles. The molecule has 7 heteroatoms. The number of amides is 1. The minimum absolute atomic E-state index is 0.0349. The van der Waals surface area contributed by atoms with Crippen molar-refractivity contribution in [3.8, 4) is 0 Å². The smallest absolute Gasteiger partial charge is 0.397 e. The zero-order valence-electron chi connectivity index (χ0n) is 10.3. The van der Waals surface area contributed by atoms with Gasteiger partial charge in [0.05, 0.1) is 11.4 Å². The van der Waals surface area contributed by atoms with E-state index >= 15 is 0 Å². The number of nitrogen functional groups attached to an aromatic ring is 1. The van der Waals surface area contributed by atoms with Crippen molar-refractivity contribution >= 4 is 17.3 Å². The minimum atomic E-state index is -4.31. The average Bonchev–Trinajstić information content (AvgIpc) is 3.11. The number of hydrogen-bond donors (Lipinski definition) is 3. The Balaban J connectivity index is 2.21. The van der Waals surface area contributed by atoms with E-state index in [1.54, 1.807) is 0 Å². The SMILES string of the molecule is CNC(=O)c1ccc(NC2(C(F)(F)F)CC2)c(N)c1. The molecule has 0 radical (unpaired) electrons. The molecule has 4 N–H and O–H groups in total. The van der Waals surface area contributed by atoms with Crippen molar-refractivity contribution in [3.05, 3.63) is 23.8 Å². The highest BCUT2D eigenvalue weighted by molar-refractivity contribution is 5.96. The molecule has 1 aromatic carbocycles. The summed E-state index contributed by atoms with van der Waals surface area (Å²) < 4.78 is 38.4. The number of anilines is 2. The van der Waals surface area contributed by atoms with E-state index in [0.717, 1.165) is 0 Å². The van der Waals surface area contributed by atoms with E-state index in [2.05, 4.69) is 10.6 Å². The highest BCUT2D eigenvalue weighted by Gasteiger charge is 2.63. The highest BCUT2D eigenvalue weighted by Crippen LogP contribution is 2.51. The van der Waals surface area contributed by atoms with Crippen LogP contribution in [0.25, 0.3) is 0 Å². The van der Waals surface area contributed by atoms with Crippen molar-refractivity contribution in [1.82, 2.24) is 5.32 Å². The maximum absolute atomic E-state index is 12.8. The van der Waals surface area contributed by atoms with Crippen LogP contribution in [0.4, 0.5) is 24.5 Å². The van der Waals surface area contributed by atoms with E-state index in [-0.39, 0.29) is 30.1 Å². The van der Waals surface area contributed by atoms with Gasteiger partial charge in [0.25, 0.3) is 5.91 Å². The van der Waals surface area contributed by atoms with Crippen molar-refractivity contribution in [2.75, 3.05) is 18.1 Å². The van der Waals surface area contributed by atoms with Crippen LogP contribution in [-0.4, -0.2) is 24.7 Å². The summed E-state index contributed by atoms with van der Waals surface area (Å²) in [6, 6.07) is 4.18. The molecule has 0 unspecified atom stereocenters. The molecule has 1 aliphatic rings. The standard InChI is InChI=1S/C12H14F3N3O/c1-17-10(19)7-2-3-9(8(16)6-7)18-11(4-5-11)12(13,14)15/h2-3,6,18H,4-5,16H2,1H3,(H,17,19). The molecule has 1 aromatic rings. The molecule has 104 valence electrons. The summed E-state index contributed by atoms with van der Waals surface area (Å²) in [6.45, 7) is 0. The van der Waals surface area contributed by atoms with Crippen LogP contribution in [0.1, 0.15) is 23.2 Å². The molecule has 1 aliphatic carbocycles. The zero-order chi connectivity index (χ0) is 14.3. The predicted molar refractivity (Wildman–Crippen MR) is 65.9 cm³/mol. The van der Waals surface area contributed by atoms with Gasteiger partial charge in [0.1, 0.15) is 5.54 Å².